The summed E-state index contributed by atoms with van der Waals surface area (Å²) in [5, 5.41) is 17.3. The molecule has 0 aromatic rings. The molecule has 11 heteroatoms. The molecular formula is C11H20N2O8S. The van der Waals surface area contributed by atoms with Gasteiger partial charge in [0.2, 0.25) is 0 Å². The molecule has 0 saturated heterocycles. The van der Waals surface area contributed by atoms with Gasteiger partial charge >= 0.3 is 28.2 Å². The van der Waals surface area contributed by atoms with Gasteiger partial charge in [0.25, 0.3) is 0 Å². The highest BCUT2D eigenvalue weighted by molar-refractivity contribution is 7.88. The van der Waals surface area contributed by atoms with Crippen LogP contribution in [0.15, 0.2) is 0 Å². The highest BCUT2D eigenvalue weighted by Gasteiger charge is 2.25. The van der Waals surface area contributed by atoms with Gasteiger partial charge in [-0.05, 0) is 12.8 Å². The van der Waals surface area contributed by atoms with E-state index in [0.29, 0.717) is 12.8 Å². The van der Waals surface area contributed by atoms with Gasteiger partial charge in [0.05, 0.1) is 6.61 Å². The quantitative estimate of drug-likeness (QED) is 0.384. The van der Waals surface area contributed by atoms with Crippen molar-refractivity contribution in [2.75, 3.05) is 6.61 Å². The van der Waals surface area contributed by atoms with Crippen LogP contribution < -0.4 is 9.44 Å². The number of carboxylic acid groups (broad SMARTS) is 2. The van der Waals surface area contributed by atoms with Crippen LogP contribution in [-0.2, 0) is 24.5 Å². The normalized spacial score (nSPS) is 12.4. The zero-order valence-electron chi connectivity index (χ0n) is 12.1. The Morgan fingerprint density at radius 3 is 2.32 bits per heavy atom. The second kappa shape index (κ2) is 9.95. The number of hydrogen-bond acceptors (Lipinski definition) is 6. The third-order valence-electron chi connectivity index (χ3n) is 2.43. The molecule has 0 spiro atoms. The Balaban J connectivity index is 4.33. The first-order valence-electron chi connectivity index (χ1n) is 6.59. The molecule has 1 unspecified atom stereocenters. The van der Waals surface area contributed by atoms with Crippen molar-refractivity contribution in [3.63, 3.8) is 0 Å². The maximum atomic E-state index is 11.6. The fraction of sp³-hybridized carbons (Fsp3) is 0.727. The number of ether oxygens (including phenoxy) is 1. The highest BCUT2D eigenvalue weighted by atomic mass is 32.2. The van der Waals surface area contributed by atoms with E-state index in [1.54, 1.807) is 0 Å². The summed E-state index contributed by atoms with van der Waals surface area (Å²) < 4.78 is 31.0. The van der Waals surface area contributed by atoms with Crippen molar-refractivity contribution in [1.82, 2.24) is 9.44 Å². The van der Waals surface area contributed by atoms with Gasteiger partial charge in [0.1, 0.15) is 6.04 Å². The molecule has 10 nitrogen and oxygen atoms in total. The van der Waals surface area contributed by atoms with E-state index in [0.717, 1.165) is 0 Å². The van der Waals surface area contributed by atoms with Crippen molar-refractivity contribution in [3.8, 4) is 0 Å². The van der Waals surface area contributed by atoms with E-state index < -0.39 is 34.3 Å². The Kier molecular flexibility index (Phi) is 9.10. The van der Waals surface area contributed by atoms with Crippen molar-refractivity contribution in [2.45, 2.75) is 45.1 Å². The standard InChI is InChI=1S/C11H20N2O8S/c1-2-3-5-8(10(16)17)12-22(19,20)13-11(18)21-7-4-6-9(14)15/h8,12H,2-7H2,1H3,(H,13,18)(H,14,15)(H,16,17). The monoisotopic (exact) mass is 340 g/mol. The fourth-order valence-electron chi connectivity index (χ4n) is 1.39. The van der Waals surface area contributed by atoms with Gasteiger partial charge in [-0.3, -0.25) is 9.59 Å². The second-order valence-corrected chi connectivity index (χ2v) is 5.84. The molecule has 1 atom stereocenters. The molecule has 0 fully saturated rings. The molecule has 0 saturated carbocycles. The smallest absolute Gasteiger partial charge is 0.421 e. The minimum absolute atomic E-state index is 0.0322. The number of carbonyl (C=O) groups is 3. The summed E-state index contributed by atoms with van der Waals surface area (Å²) >= 11 is 0. The molecule has 0 aromatic carbocycles. The van der Waals surface area contributed by atoms with Gasteiger partial charge in [0.15, 0.2) is 0 Å². The minimum Gasteiger partial charge on any atom is -0.481 e. The summed E-state index contributed by atoms with van der Waals surface area (Å²) in [5.41, 5.74) is 0. The molecule has 0 aliphatic carbocycles. The van der Waals surface area contributed by atoms with Crippen LogP contribution in [0.1, 0.15) is 39.0 Å². The van der Waals surface area contributed by atoms with Crippen LogP contribution in [-0.4, -0.2) is 49.3 Å². The first kappa shape index (κ1) is 20.1. The van der Waals surface area contributed by atoms with Crippen molar-refractivity contribution < 1.29 is 37.8 Å². The second-order valence-electron chi connectivity index (χ2n) is 4.39. The lowest BCUT2D eigenvalue weighted by atomic mass is 10.1. The summed E-state index contributed by atoms with van der Waals surface area (Å²) in [6.45, 7) is 1.55. The molecule has 22 heavy (non-hydrogen) atoms. The number of carboxylic acids is 2. The number of hydrogen-bond donors (Lipinski definition) is 4. The van der Waals surface area contributed by atoms with Crippen molar-refractivity contribution in [3.05, 3.63) is 0 Å². The van der Waals surface area contributed by atoms with Crippen LogP contribution in [0.25, 0.3) is 0 Å². The van der Waals surface area contributed by atoms with Crippen LogP contribution in [0.3, 0.4) is 0 Å². The van der Waals surface area contributed by atoms with Gasteiger partial charge < -0.3 is 14.9 Å². The van der Waals surface area contributed by atoms with Crippen LogP contribution in [0, 0.1) is 0 Å². The summed E-state index contributed by atoms with van der Waals surface area (Å²) in [4.78, 5) is 32.4. The van der Waals surface area contributed by atoms with E-state index in [9.17, 15) is 22.8 Å². The molecular weight excluding hydrogens is 320 g/mol. The van der Waals surface area contributed by atoms with E-state index >= 15 is 0 Å². The molecule has 0 radical (unpaired) electrons. The summed E-state index contributed by atoms with van der Waals surface area (Å²) in [5.74, 6) is -2.42. The van der Waals surface area contributed by atoms with Gasteiger partial charge in [-0.25, -0.2) is 9.52 Å². The molecule has 0 aliphatic heterocycles. The topological polar surface area (TPSA) is 159 Å². The SMILES string of the molecule is CCCCC(NS(=O)(=O)NC(=O)OCCCC(=O)O)C(=O)O. The molecule has 0 bridgehead atoms. The number of carbonyl (C=O) groups excluding carboxylic acids is 1. The predicted octanol–water partition coefficient (Wildman–Crippen LogP) is 0.0552. The third-order valence-corrected chi connectivity index (χ3v) is 3.46. The summed E-state index contributed by atoms with van der Waals surface area (Å²) in [6, 6.07) is -1.35. The molecule has 4 N–H and O–H groups in total. The average Bonchev–Trinajstić information content (AvgIpc) is 2.38. The average molecular weight is 340 g/mol. The molecule has 0 rings (SSSR count). The molecule has 1 amide bonds. The Hall–Kier alpha value is -1.88. The summed E-state index contributed by atoms with van der Waals surface area (Å²) in [6.07, 6.45) is -0.234. The largest absolute Gasteiger partial charge is 0.481 e. The van der Waals surface area contributed by atoms with Crippen LogP contribution in [0.2, 0.25) is 0 Å². The number of unbranched alkanes of at least 4 members (excludes halogenated alkanes) is 1. The lowest BCUT2D eigenvalue weighted by Gasteiger charge is -2.14. The number of nitrogens with one attached hydrogen (secondary N) is 2. The molecule has 0 aromatic heterocycles. The van der Waals surface area contributed by atoms with E-state index in [4.69, 9.17) is 10.2 Å². The minimum atomic E-state index is -4.38. The molecule has 0 aliphatic rings. The van der Waals surface area contributed by atoms with E-state index in [1.807, 2.05) is 11.6 Å². The van der Waals surface area contributed by atoms with Crippen LogP contribution >= 0.6 is 0 Å². The fourth-order valence-corrected chi connectivity index (χ4v) is 2.32. The molecule has 128 valence electrons. The Morgan fingerprint density at radius 2 is 1.82 bits per heavy atom. The van der Waals surface area contributed by atoms with Gasteiger partial charge in [-0.15, -0.1) is 0 Å². The number of aliphatic carboxylic acids is 2. The Morgan fingerprint density at radius 1 is 1.18 bits per heavy atom. The first-order valence-corrected chi connectivity index (χ1v) is 8.07. The zero-order chi connectivity index (χ0) is 17.2. The summed E-state index contributed by atoms with van der Waals surface area (Å²) in [7, 11) is -4.38. The van der Waals surface area contributed by atoms with Crippen LogP contribution in [0.4, 0.5) is 4.79 Å². The Bertz CT molecular complexity index is 490. The third kappa shape index (κ3) is 9.94. The highest BCUT2D eigenvalue weighted by Crippen LogP contribution is 2.02. The predicted molar refractivity (Wildman–Crippen MR) is 74.4 cm³/mol. The first-order chi connectivity index (χ1) is 10.2. The van der Waals surface area contributed by atoms with Gasteiger partial charge in [-0.2, -0.15) is 13.1 Å². The van der Waals surface area contributed by atoms with E-state index in [2.05, 4.69) is 4.74 Å². The van der Waals surface area contributed by atoms with E-state index in [1.165, 1.54) is 4.72 Å². The van der Waals surface area contributed by atoms with Crippen molar-refractivity contribution in [1.29, 1.82) is 0 Å². The maximum Gasteiger partial charge on any atom is 0.421 e. The maximum absolute atomic E-state index is 11.6. The Labute approximate surface area is 128 Å². The number of amides is 1. The van der Waals surface area contributed by atoms with Crippen molar-refractivity contribution in [2.24, 2.45) is 0 Å². The zero-order valence-corrected chi connectivity index (χ0v) is 12.9. The van der Waals surface area contributed by atoms with Crippen molar-refractivity contribution >= 4 is 28.2 Å². The van der Waals surface area contributed by atoms with E-state index in [-0.39, 0.29) is 25.9 Å². The molecule has 0 heterocycles. The number of rotatable bonds is 11. The van der Waals surface area contributed by atoms with Gasteiger partial charge in [-0.1, -0.05) is 19.8 Å². The lowest BCUT2D eigenvalue weighted by Crippen LogP contribution is -2.48. The van der Waals surface area contributed by atoms with Gasteiger partial charge in [0, 0.05) is 6.42 Å². The van der Waals surface area contributed by atoms with Crippen LogP contribution in [0.5, 0.6) is 0 Å². The lowest BCUT2D eigenvalue weighted by molar-refractivity contribution is -0.139.